The van der Waals surface area contributed by atoms with Gasteiger partial charge in [-0.05, 0) is 28.1 Å². The first-order valence-electron chi connectivity index (χ1n) is 5.46. The first-order valence-corrected chi connectivity index (χ1v) is 8.11. The quantitative estimate of drug-likeness (QED) is 0.758. The Morgan fingerprint density at radius 3 is 2.85 bits per heavy atom. The zero-order valence-corrected chi connectivity index (χ0v) is 12.6. The highest BCUT2D eigenvalue weighted by atomic mass is 79.9. The highest BCUT2D eigenvalue weighted by Crippen LogP contribution is 2.19. The van der Waals surface area contributed by atoms with Gasteiger partial charge in [0, 0.05) is 6.20 Å². The minimum atomic E-state index is -3.39. The summed E-state index contributed by atoms with van der Waals surface area (Å²) in [6.07, 6.45) is 5.58. The predicted molar refractivity (Wildman–Crippen MR) is 76.4 cm³/mol. The van der Waals surface area contributed by atoms with E-state index in [0.717, 1.165) is 14.8 Å². The van der Waals surface area contributed by atoms with Crippen LogP contribution in [0.4, 0.5) is 11.6 Å². The molecule has 0 bridgehead atoms. The fourth-order valence-corrected chi connectivity index (χ4v) is 2.55. The molecule has 0 aliphatic rings. The maximum atomic E-state index is 11.3. The van der Waals surface area contributed by atoms with Gasteiger partial charge in [-0.1, -0.05) is 0 Å². The number of hydrogen-bond donors (Lipinski definition) is 1. The van der Waals surface area contributed by atoms with Crippen molar-refractivity contribution in [3.63, 3.8) is 0 Å². The minimum absolute atomic E-state index is 0.352. The number of halogens is 1. The van der Waals surface area contributed by atoms with E-state index in [-0.39, 0.29) is 0 Å². The molecule has 104 valence electrons. The van der Waals surface area contributed by atoms with Crippen molar-refractivity contribution in [3.05, 3.63) is 35.2 Å². The molecule has 0 unspecified atom stereocenters. The molecule has 3 rings (SSSR count). The van der Waals surface area contributed by atoms with E-state index in [4.69, 9.17) is 0 Å². The highest BCUT2D eigenvalue weighted by Gasteiger charge is 2.10. The number of pyridine rings is 1. The average molecular weight is 357 g/mol. The third-order valence-corrected chi connectivity index (χ3v) is 3.97. The summed E-state index contributed by atoms with van der Waals surface area (Å²) < 4.78 is 25.9. The van der Waals surface area contributed by atoms with Crippen molar-refractivity contribution >= 4 is 43.2 Å². The number of nitrogens with zero attached hydrogens (tertiary/aromatic N) is 5. The molecule has 0 atom stereocenters. The van der Waals surface area contributed by atoms with Gasteiger partial charge in [0.1, 0.15) is 0 Å². The highest BCUT2D eigenvalue weighted by molar-refractivity contribution is 9.10. The number of aromatic nitrogens is 5. The molecule has 8 nitrogen and oxygen atoms in total. The van der Waals surface area contributed by atoms with Crippen LogP contribution in [-0.4, -0.2) is 38.5 Å². The molecule has 0 saturated heterocycles. The van der Waals surface area contributed by atoms with Gasteiger partial charge >= 0.3 is 0 Å². The van der Waals surface area contributed by atoms with Gasteiger partial charge in [-0.25, -0.2) is 12.9 Å². The average Bonchev–Trinajstić information content (AvgIpc) is 2.96. The summed E-state index contributed by atoms with van der Waals surface area (Å²) in [6, 6.07) is 3.69. The van der Waals surface area contributed by atoms with Crippen molar-refractivity contribution < 1.29 is 8.42 Å². The Labute approximate surface area is 122 Å². The summed E-state index contributed by atoms with van der Waals surface area (Å²) >= 11 is 3.38. The van der Waals surface area contributed by atoms with Crippen molar-refractivity contribution in [2.75, 3.05) is 11.6 Å². The molecule has 0 fully saturated rings. The predicted octanol–water partition coefficient (Wildman–Crippen LogP) is 1.24. The van der Waals surface area contributed by atoms with Gasteiger partial charge in [-0.3, -0.25) is 0 Å². The van der Waals surface area contributed by atoms with E-state index in [1.165, 1.54) is 12.4 Å². The summed E-state index contributed by atoms with van der Waals surface area (Å²) in [6.45, 7) is 0. The Morgan fingerprint density at radius 2 is 2.20 bits per heavy atom. The van der Waals surface area contributed by atoms with Gasteiger partial charge in [0.25, 0.3) is 10.0 Å². The van der Waals surface area contributed by atoms with E-state index in [2.05, 4.69) is 36.4 Å². The van der Waals surface area contributed by atoms with Crippen LogP contribution in [0.1, 0.15) is 0 Å². The molecule has 3 heterocycles. The van der Waals surface area contributed by atoms with Crippen LogP contribution in [0.3, 0.4) is 0 Å². The van der Waals surface area contributed by atoms with E-state index in [9.17, 15) is 8.42 Å². The van der Waals surface area contributed by atoms with Crippen LogP contribution in [0.25, 0.3) is 5.65 Å². The third-order valence-electron chi connectivity index (χ3n) is 2.47. The molecule has 0 amide bonds. The Morgan fingerprint density at radius 1 is 1.40 bits per heavy atom. The van der Waals surface area contributed by atoms with Gasteiger partial charge in [-0.15, -0.1) is 5.10 Å². The van der Waals surface area contributed by atoms with E-state index >= 15 is 0 Å². The lowest BCUT2D eigenvalue weighted by Gasteiger charge is -1.96. The maximum Gasteiger partial charge on any atom is 0.250 e. The number of anilines is 2. The topological polar surface area (TPSA) is 94.2 Å². The van der Waals surface area contributed by atoms with Crippen LogP contribution in [0.15, 0.2) is 35.2 Å². The van der Waals surface area contributed by atoms with E-state index in [0.29, 0.717) is 17.3 Å². The zero-order valence-electron chi connectivity index (χ0n) is 10.2. The molecule has 1 N–H and O–H groups in total. The number of rotatable bonds is 3. The molecule has 10 heteroatoms. The lowest BCUT2D eigenvalue weighted by atomic mass is 10.5. The van der Waals surface area contributed by atoms with E-state index < -0.39 is 10.0 Å². The summed E-state index contributed by atoms with van der Waals surface area (Å²) in [4.78, 5) is 4.29. The Kier molecular flexibility index (Phi) is 2.98. The largest absolute Gasteiger partial charge is 0.320 e. The van der Waals surface area contributed by atoms with Crippen molar-refractivity contribution in [1.29, 1.82) is 0 Å². The zero-order chi connectivity index (χ0) is 14.3. The van der Waals surface area contributed by atoms with E-state index in [1.54, 1.807) is 10.7 Å². The lowest BCUT2D eigenvalue weighted by Crippen LogP contribution is -2.09. The van der Waals surface area contributed by atoms with Gasteiger partial charge < -0.3 is 5.32 Å². The van der Waals surface area contributed by atoms with Crippen molar-refractivity contribution in [3.8, 4) is 0 Å². The monoisotopic (exact) mass is 356 g/mol. The smallest absolute Gasteiger partial charge is 0.250 e. The molecule has 3 aromatic rings. The molecule has 0 saturated carbocycles. The van der Waals surface area contributed by atoms with Crippen LogP contribution < -0.4 is 5.32 Å². The molecule has 0 aromatic carbocycles. The van der Waals surface area contributed by atoms with Gasteiger partial charge in [0.05, 0.1) is 28.8 Å². The molecule has 20 heavy (non-hydrogen) atoms. The van der Waals surface area contributed by atoms with Gasteiger partial charge in [0.2, 0.25) is 5.95 Å². The molecular weight excluding hydrogens is 348 g/mol. The number of hydrogen-bond acceptors (Lipinski definition) is 6. The molecule has 0 aliphatic heterocycles. The summed E-state index contributed by atoms with van der Waals surface area (Å²) in [5, 5.41) is 10.9. The van der Waals surface area contributed by atoms with Crippen LogP contribution in [0, 0.1) is 0 Å². The van der Waals surface area contributed by atoms with Gasteiger partial charge in [0.15, 0.2) is 5.65 Å². The summed E-state index contributed by atoms with van der Waals surface area (Å²) in [7, 11) is -3.39. The normalized spacial score (nSPS) is 11.9. The second kappa shape index (κ2) is 4.56. The molecule has 0 aliphatic carbocycles. The Balaban J connectivity index is 1.93. The van der Waals surface area contributed by atoms with Crippen molar-refractivity contribution in [1.82, 2.24) is 23.8 Å². The first kappa shape index (κ1) is 13.1. The maximum absolute atomic E-state index is 11.3. The molecule has 0 spiro atoms. The third kappa shape index (κ3) is 2.39. The second-order valence-electron chi connectivity index (χ2n) is 4.05. The summed E-state index contributed by atoms with van der Waals surface area (Å²) in [5.74, 6) is 0.352. The fraction of sp³-hybridized carbons (Fsp3) is 0.100. The lowest BCUT2D eigenvalue weighted by molar-refractivity contribution is 0.586. The molecule has 3 aromatic heterocycles. The molecular formula is C10H9BrN6O2S. The Hall–Kier alpha value is -1.94. The van der Waals surface area contributed by atoms with Crippen LogP contribution in [-0.2, 0) is 10.0 Å². The Bertz CT molecular complexity index is 884. The van der Waals surface area contributed by atoms with E-state index in [1.807, 2.05) is 12.1 Å². The minimum Gasteiger partial charge on any atom is -0.320 e. The first-order chi connectivity index (χ1) is 9.43. The summed E-state index contributed by atoms with van der Waals surface area (Å²) in [5.41, 5.74) is 1.15. The van der Waals surface area contributed by atoms with Crippen LogP contribution in [0.2, 0.25) is 0 Å². The molecule has 0 radical (unpaired) electrons. The second-order valence-corrected chi connectivity index (χ2v) is 6.74. The van der Waals surface area contributed by atoms with Crippen molar-refractivity contribution in [2.45, 2.75) is 0 Å². The van der Waals surface area contributed by atoms with Crippen LogP contribution >= 0.6 is 15.9 Å². The number of nitrogens with one attached hydrogen (secondary N) is 1. The standard InChI is InChI=1S/C10H9BrN6O2S/c1-20(18,19)17-6-7(5-12-17)13-10-14-9-8(11)3-2-4-16(9)15-10/h2-6H,1H3,(H,13,15). The number of fused-ring (bicyclic) bond motifs is 1. The SMILES string of the molecule is CS(=O)(=O)n1cc(Nc2nc3c(Br)cccn3n2)cn1. The van der Waals surface area contributed by atoms with Gasteiger partial charge in [-0.2, -0.15) is 14.2 Å². The van der Waals surface area contributed by atoms with Crippen molar-refractivity contribution in [2.24, 2.45) is 0 Å². The fourth-order valence-electron chi connectivity index (χ4n) is 1.61. The van der Waals surface area contributed by atoms with Crippen LogP contribution in [0.5, 0.6) is 0 Å².